The van der Waals surface area contributed by atoms with Crippen molar-refractivity contribution in [1.29, 1.82) is 0 Å². The molecule has 1 atom stereocenters. The minimum atomic E-state index is 0.253. The summed E-state index contributed by atoms with van der Waals surface area (Å²) in [6.45, 7) is 9.49. The van der Waals surface area contributed by atoms with E-state index in [-0.39, 0.29) is 5.91 Å². The van der Waals surface area contributed by atoms with Crippen molar-refractivity contribution in [1.82, 2.24) is 10.4 Å². The molecule has 1 rings (SSSR count). The molecule has 3 nitrogen and oxygen atoms in total. The van der Waals surface area contributed by atoms with Crippen LogP contribution < -0.4 is 5.43 Å². The number of carbonyl (C=O) groups excluding carboxylic acids is 1. The van der Waals surface area contributed by atoms with Gasteiger partial charge in [-0.25, -0.2) is 5.43 Å². The Morgan fingerprint density at radius 3 is 2.60 bits per heavy atom. The summed E-state index contributed by atoms with van der Waals surface area (Å²) < 4.78 is 0. The first-order valence-electron chi connectivity index (χ1n) is 6.08. The second kappa shape index (κ2) is 5.50. The molecule has 1 amide bonds. The van der Waals surface area contributed by atoms with Gasteiger partial charge in [0.2, 0.25) is 5.91 Å². The summed E-state index contributed by atoms with van der Waals surface area (Å²) in [6, 6.07) is 0.380. The molecular formula is C12H24N2O. The van der Waals surface area contributed by atoms with Gasteiger partial charge in [0.05, 0.1) is 6.04 Å². The van der Waals surface area contributed by atoms with Crippen molar-refractivity contribution in [2.75, 3.05) is 6.54 Å². The Hall–Kier alpha value is -0.570. The first kappa shape index (κ1) is 12.5. The lowest BCUT2D eigenvalue weighted by Crippen LogP contribution is -2.55. The summed E-state index contributed by atoms with van der Waals surface area (Å²) in [5.41, 5.74) is 3.24. The third-order valence-corrected chi connectivity index (χ3v) is 2.91. The van der Waals surface area contributed by atoms with Crippen LogP contribution in [0.15, 0.2) is 0 Å². The van der Waals surface area contributed by atoms with E-state index in [4.69, 9.17) is 0 Å². The number of hydrogen-bond donors (Lipinski definition) is 1. The van der Waals surface area contributed by atoms with Crippen LogP contribution in [-0.4, -0.2) is 23.5 Å². The van der Waals surface area contributed by atoms with Gasteiger partial charge >= 0.3 is 0 Å². The van der Waals surface area contributed by atoms with Crippen LogP contribution in [0.5, 0.6) is 0 Å². The standard InChI is InChI=1S/C12H24N2O/c1-9(2)8-12(15)14-11(10(3)4)6-5-7-13-14/h9-11,13H,5-8H2,1-4H3. The van der Waals surface area contributed by atoms with Gasteiger partial charge in [-0.1, -0.05) is 27.7 Å². The number of amides is 1. The Bertz CT molecular complexity index is 214. The monoisotopic (exact) mass is 212 g/mol. The quantitative estimate of drug-likeness (QED) is 0.777. The van der Waals surface area contributed by atoms with E-state index in [0.29, 0.717) is 24.3 Å². The molecule has 0 bridgehead atoms. The molecule has 15 heavy (non-hydrogen) atoms. The van der Waals surface area contributed by atoms with Crippen LogP contribution in [-0.2, 0) is 4.79 Å². The van der Waals surface area contributed by atoms with Crippen molar-refractivity contribution < 1.29 is 4.79 Å². The highest BCUT2D eigenvalue weighted by molar-refractivity contribution is 5.76. The summed E-state index contributed by atoms with van der Waals surface area (Å²) in [6.07, 6.45) is 2.96. The normalized spacial score (nSPS) is 22.5. The van der Waals surface area contributed by atoms with Crippen LogP contribution >= 0.6 is 0 Å². The highest BCUT2D eigenvalue weighted by atomic mass is 16.2. The summed E-state index contributed by atoms with van der Waals surface area (Å²) in [4.78, 5) is 12.0. The van der Waals surface area contributed by atoms with Crippen LogP contribution in [0.25, 0.3) is 0 Å². The first-order valence-corrected chi connectivity index (χ1v) is 6.08. The van der Waals surface area contributed by atoms with E-state index in [1.807, 2.05) is 5.01 Å². The Morgan fingerprint density at radius 2 is 2.07 bits per heavy atom. The number of carbonyl (C=O) groups is 1. The largest absolute Gasteiger partial charge is 0.275 e. The average molecular weight is 212 g/mol. The number of nitrogens with zero attached hydrogens (tertiary/aromatic N) is 1. The summed E-state index contributed by atoms with van der Waals surface area (Å²) >= 11 is 0. The fraction of sp³-hybridized carbons (Fsp3) is 0.917. The molecule has 1 aliphatic heterocycles. The Kier molecular flexibility index (Phi) is 4.58. The molecule has 0 spiro atoms. The molecule has 1 unspecified atom stereocenters. The fourth-order valence-corrected chi connectivity index (χ4v) is 2.11. The van der Waals surface area contributed by atoms with Gasteiger partial charge in [0.1, 0.15) is 0 Å². The zero-order valence-corrected chi connectivity index (χ0v) is 10.4. The van der Waals surface area contributed by atoms with Gasteiger partial charge in [-0.3, -0.25) is 9.80 Å². The molecule has 88 valence electrons. The third-order valence-electron chi connectivity index (χ3n) is 2.91. The molecule has 1 heterocycles. The van der Waals surface area contributed by atoms with Crippen LogP contribution in [0.1, 0.15) is 47.0 Å². The molecular weight excluding hydrogens is 188 g/mol. The topological polar surface area (TPSA) is 32.3 Å². The molecule has 0 aromatic heterocycles. The van der Waals surface area contributed by atoms with Crippen molar-refractivity contribution in [2.45, 2.75) is 53.0 Å². The van der Waals surface area contributed by atoms with Crippen molar-refractivity contribution >= 4 is 5.91 Å². The van der Waals surface area contributed by atoms with Crippen LogP contribution in [0.2, 0.25) is 0 Å². The van der Waals surface area contributed by atoms with Crippen molar-refractivity contribution in [2.24, 2.45) is 11.8 Å². The molecule has 1 saturated heterocycles. The predicted octanol–water partition coefficient (Wildman–Crippen LogP) is 2.18. The fourth-order valence-electron chi connectivity index (χ4n) is 2.11. The molecule has 0 radical (unpaired) electrons. The Labute approximate surface area is 93.2 Å². The minimum Gasteiger partial charge on any atom is -0.275 e. The lowest BCUT2D eigenvalue weighted by Gasteiger charge is -2.38. The average Bonchev–Trinajstić information content (AvgIpc) is 2.16. The summed E-state index contributed by atoms with van der Waals surface area (Å²) in [5.74, 6) is 1.23. The van der Waals surface area contributed by atoms with Gasteiger partial charge in [-0.05, 0) is 24.7 Å². The van der Waals surface area contributed by atoms with E-state index in [0.717, 1.165) is 13.0 Å². The predicted molar refractivity (Wildman–Crippen MR) is 62.2 cm³/mol. The maximum Gasteiger partial charge on any atom is 0.237 e. The second-order valence-electron chi connectivity index (χ2n) is 5.22. The third kappa shape index (κ3) is 3.49. The van der Waals surface area contributed by atoms with E-state index in [2.05, 4.69) is 33.1 Å². The number of nitrogens with one attached hydrogen (secondary N) is 1. The molecule has 1 fully saturated rings. The van der Waals surface area contributed by atoms with Crippen molar-refractivity contribution in [3.63, 3.8) is 0 Å². The highest BCUT2D eigenvalue weighted by Crippen LogP contribution is 2.19. The van der Waals surface area contributed by atoms with Gasteiger partial charge in [-0.15, -0.1) is 0 Å². The second-order valence-corrected chi connectivity index (χ2v) is 5.22. The molecule has 1 N–H and O–H groups in total. The van der Waals surface area contributed by atoms with E-state index < -0.39 is 0 Å². The van der Waals surface area contributed by atoms with Gasteiger partial charge in [0, 0.05) is 13.0 Å². The van der Waals surface area contributed by atoms with Crippen molar-refractivity contribution in [3.8, 4) is 0 Å². The van der Waals surface area contributed by atoms with Gasteiger partial charge in [-0.2, -0.15) is 0 Å². The zero-order valence-electron chi connectivity index (χ0n) is 10.4. The first-order chi connectivity index (χ1) is 7.02. The maximum absolute atomic E-state index is 12.0. The molecule has 0 saturated carbocycles. The summed E-state index contributed by atoms with van der Waals surface area (Å²) in [7, 11) is 0. The van der Waals surface area contributed by atoms with Gasteiger partial charge in [0.25, 0.3) is 0 Å². The lowest BCUT2D eigenvalue weighted by molar-refractivity contribution is -0.141. The molecule has 1 aliphatic rings. The smallest absolute Gasteiger partial charge is 0.237 e. The van der Waals surface area contributed by atoms with Gasteiger partial charge < -0.3 is 0 Å². The molecule has 0 aromatic rings. The lowest BCUT2D eigenvalue weighted by atomic mass is 9.96. The van der Waals surface area contributed by atoms with Gasteiger partial charge in [0.15, 0.2) is 0 Å². The Balaban J connectivity index is 2.59. The Morgan fingerprint density at radius 1 is 1.40 bits per heavy atom. The number of rotatable bonds is 3. The number of hydrogen-bond acceptors (Lipinski definition) is 2. The van der Waals surface area contributed by atoms with Crippen molar-refractivity contribution in [3.05, 3.63) is 0 Å². The van der Waals surface area contributed by atoms with E-state index in [1.54, 1.807) is 0 Å². The molecule has 3 heteroatoms. The SMILES string of the molecule is CC(C)CC(=O)N1NCCCC1C(C)C. The molecule has 0 aliphatic carbocycles. The highest BCUT2D eigenvalue weighted by Gasteiger charge is 2.28. The van der Waals surface area contributed by atoms with E-state index in [1.165, 1.54) is 6.42 Å². The van der Waals surface area contributed by atoms with E-state index in [9.17, 15) is 4.79 Å². The van der Waals surface area contributed by atoms with Crippen LogP contribution in [0, 0.1) is 11.8 Å². The number of hydrazine groups is 1. The van der Waals surface area contributed by atoms with Crippen LogP contribution in [0.3, 0.4) is 0 Å². The zero-order chi connectivity index (χ0) is 11.4. The molecule has 0 aromatic carbocycles. The minimum absolute atomic E-state index is 0.253. The maximum atomic E-state index is 12.0. The van der Waals surface area contributed by atoms with Crippen LogP contribution in [0.4, 0.5) is 0 Å². The summed E-state index contributed by atoms with van der Waals surface area (Å²) in [5, 5.41) is 1.88. The van der Waals surface area contributed by atoms with E-state index >= 15 is 0 Å².